The molecule has 23 heavy (non-hydrogen) atoms. The third-order valence-electron chi connectivity index (χ3n) is 3.57. The quantitative estimate of drug-likeness (QED) is 0.790. The molecule has 6 heteroatoms. The molecule has 0 saturated heterocycles. The van der Waals surface area contributed by atoms with E-state index in [0.29, 0.717) is 27.8 Å². The molecule has 2 aromatic carbocycles. The van der Waals surface area contributed by atoms with Gasteiger partial charge in [0.05, 0.1) is 24.9 Å². The zero-order valence-electron chi connectivity index (χ0n) is 12.4. The maximum atomic E-state index is 12.1. The number of ether oxygens (including phenoxy) is 2. The van der Waals surface area contributed by atoms with Crippen LogP contribution in [0.3, 0.4) is 0 Å². The van der Waals surface area contributed by atoms with Gasteiger partial charge in [-0.15, -0.1) is 0 Å². The van der Waals surface area contributed by atoms with Gasteiger partial charge >= 0.3 is 0 Å². The Morgan fingerprint density at radius 2 is 1.83 bits per heavy atom. The van der Waals surface area contributed by atoms with E-state index in [4.69, 9.17) is 21.1 Å². The van der Waals surface area contributed by atoms with Gasteiger partial charge in [0.25, 0.3) is 11.7 Å². The summed E-state index contributed by atoms with van der Waals surface area (Å²) >= 11 is 5.88. The zero-order chi connectivity index (χ0) is 16.4. The number of hydrogen-bond acceptors (Lipinski definition) is 4. The summed E-state index contributed by atoms with van der Waals surface area (Å²) in [4.78, 5) is 25.5. The monoisotopic (exact) mass is 331 g/mol. The Morgan fingerprint density at radius 3 is 2.57 bits per heavy atom. The summed E-state index contributed by atoms with van der Waals surface area (Å²) in [6, 6.07) is 12.1. The predicted octanol–water partition coefficient (Wildman–Crippen LogP) is 2.96. The summed E-state index contributed by atoms with van der Waals surface area (Å²) in [7, 11) is 1.56. The van der Waals surface area contributed by atoms with Crippen LogP contribution in [0.4, 0.5) is 5.69 Å². The van der Waals surface area contributed by atoms with Gasteiger partial charge in [0.2, 0.25) is 0 Å². The maximum absolute atomic E-state index is 12.1. The largest absolute Gasteiger partial charge is 0.493 e. The maximum Gasteiger partial charge on any atom is 0.299 e. The Bertz CT molecular complexity index is 775. The average Bonchev–Trinajstić information content (AvgIpc) is 2.80. The normalized spacial score (nSPS) is 13.2. The Morgan fingerprint density at radius 1 is 1.09 bits per heavy atom. The lowest BCUT2D eigenvalue weighted by molar-refractivity contribution is -0.114. The molecule has 0 atom stereocenters. The first-order valence-electron chi connectivity index (χ1n) is 7.03. The van der Waals surface area contributed by atoms with E-state index < -0.39 is 11.7 Å². The number of anilines is 1. The van der Waals surface area contributed by atoms with Gasteiger partial charge in [-0.3, -0.25) is 9.59 Å². The molecule has 0 fully saturated rings. The van der Waals surface area contributed by atoms with E-state index in [-0.39, 0.29) is 13.2 Å². The molecule has 1 aliphatic heterocycles. The molecule has 0 spiro atoms. The molecular formula is C17H14ClNO4. The molecule has 5 nitrogen and oxygen atoms in total. The van der Waals surface area contributed by atoms with Crippen molar-refractivity contribution in [2.45, 2.75) is 0 Å². The number of carbonyl (C=O) groups is 2. The first kappa shape index (κ1) is 15.4. The molecule has 1 heterocycles. The number of fused-ring (bicyclic) bond motifs is 1. The number of carbonyl (C=O) groups excluding carboxylic acids is 2. The van der Waals surface area contributed by atoms with Crippen LogP contribution < -0.4 is 14.4 Å². The number of methoxy groups -OCH3 is 1. The van der Waals surface area contributed by atoms with Gasteiger partial charge < -0.3 is 14.4 Å². The van der Waals surface area contributed by atoms with Crippen molar-refractivity contribution in [3.63, 3.8) is 0 Å². The van der Waals surface area contributed by atoms with E-state index >= 15 is 0 Å². The summed E-state index contributed by atoms with van der Waals surface area (Å²) in [6.07, 6.45) is 0. The highest BCUT2D eigenvalue weighted by Gasteiger charge is 2.35. The summed E-state index contributed by atoms with van der Waals surface area (Å²) in [6.45, 7) is 0.499. The van der Waals surface area contributed by atoms with Crippen molar-refractivity contribution in [2.24, 2.45) is 0 Å². The van der Waals surface area contributed by atoms with Gasteiger partial charge in [-0.2, -0.15) is 0 Å². The fraction of sp³-hybridized carbons (Fsp3) is 0.176. The molecule has 1 amide bonds. The molecule has 2 aromatic rings. The molecule has 0 unspecified atom stereocenters. The smallest absolute Gasteiger partial charge is 0.299 e. The van der Waals surface area contributed by atoms with Gasteiger partial charge in [0, 0.05) is 5.02 Å². The average molecular weight is 332 g/mol. The van der Waals surface area contributed by atoms with E-state index in [0.717, 1.165) is 0 Å². The molecule has 1 aliphatic rings. The van der Waals surface area contributed by atoms with Gasteiger partial charge in [0.1, 0.15) is 6.61 Å². The third kappa shape index (κ3) is 2.87. The van der Waals surface area contributed by atoms with Crippen LogP contribution in [0.5, 0.6) is 11.5 Å². The second-order valence-electron chi connectivity index (χ2n) is 4.95. The lowest BCUT2D eigenvalue weighted by atomic mass is 10.1. The number of halogens is 1. The SMILES string of the molecule is COc1ccccc1OCCN1C(=O)C(=O)c2cc(Cl)ccc21. The Kier molecular flexibility index (Phi) is 4.21. The van der Waals surface area contributed by atoms with Crippen molar-refractivity contribution in [3.8, 4) is 11.5 Å². The van der Waals surface area contributed by atoms with Crippen LogP contribution in [-0.4, -0.2) is 32.0 Å². The lowest BCUT2D eigenvalue weighted by Gasteiger charge is -2.17. The van der Waals surface area contributed by atoms with Crippen molar-refractivity contribution < 1.29 is 19.1 Å². The Balaban J connectivity index is 1.72. The molecule has 0 radical (unpaired) electrons. The molecule has 0 N–H and O–H groups in total. The van der Waals surface area contributed by atoms with Gasteiger partial charge in [-0.1, -0.05) is 23.7 Å². The third-order valence-corrected chi connectivity index (χ3v) is 3.81. The van der Waals surface area contributed by atoms with Crippen LogP contribution in [0.1, 0.15) is 10.4 Å². The van der Waals surface area contributed by atoms with E-state index in [1.807, 2.05) is 12.1 Å². The minimum atomic E-state index is -0.564. The van der Waals surface area contributed by atoms with Gasteiger partial charge in [0.15, 0.2) is 11.5 Å². The second-order valence-corrected chi connectivity index (χ2v) is 5.38. The molecule has 0 bridgehead atoms. The summed E-state index contributed by atoms with van der Waals surface area (Å²) in [5.74, 6) is 0.0958. The minimum absolute atomic E-state index is 0.238. The summed E-state index contributed by atoms with van der Waals surface area (Å²) in [5.41, 5.74) is 0.896. The number of amides is 1. The van der Waals surface area contributed by atoms with Crippen LogP contribution in [0.15, 0.2) is 42.5 Å². The van der Waals surface area contributed by atoms with Crippen LogP contribution in [0.25, 0.3) is 0 Å². The van der Waals surface area contributed by atoms with E-state index in [9.17, 15) is 9.59 Å². The van der Waals surface area contributed by atoms with Crippen LogP contribution in [0.2, 0.25) is 5.02 Å². The number of hydrogen-bond donors (Lipinski definition) is 0. The van der Waals surface area contributed by atoms with Gasteiger partial charge in [-0.05, 0) is 30.3 Å². The molecule has 0 aromatic heterocycles. The first-order valence-corrected chi connectivity index (χ1v) is 7.41. The fourth-order valence-corrected chi connectivity index (χ4v) is 2.65. The first-order chi connectivity index (χ1) is 11.1. The van der Waals surface area contributed by atoms with Gasteiger partial charge in [-0.25, -0.2) is 0 Å². The predicted molar refractivity (Wildman–Crippen MR) is 86.6 cm³/mol. The highest BCUT2D eigenvalue weighted by Crippen LogP contribution is 2.31. The minimum Gasteiger partial charge on any atom is -0.493 e. The van der Waals surface area contributed by atoms with Crippen molar-refractivity contribution in [1.82, 2.24) is 0 Å². The molecule has 0 aliphatic carbocycles. The zero-order valence-corrected chi connectivity index (χ0v) is 13.2. The highest BCUT2D eigenvalue weighted by molar-refractivity contribution is 6.52. The number of ketones is 1. The number of benzene rings is 2. The highest BCUT2D eigenvalue weighted by atomic mass is 35.5. The molecule has 0 saturated carbocycles. The van der Waals surface area contributed by atoms with Crippen molar-refractivity contribution in [1.29, 1.82) is 0 Å². The van der Waals surface area contributed by atoms with E-state index in [1.54, 1.807) is 31.4 Å². The molecular weight excluding hydrogens is 318 g/mol. The number of rotatable bonds is 5. The van der Waals surface area contributed by atoms with Crippen molar-refractivity contribution >= 4 is 29.0 Å². The second kappa shape index (κ2) is 6.30. The summed E-state index contributed by atoms with van der Waals surface area (Å²) < 4.78 is 10.9. The Hall–Kier alpha value is -2.53. The number of Topliss-reactive ketones (excluding diaryl/α,β-unsaturated/α-hetero) is 1. The van der Waals surface area contributed by atoms with Crippen molar-refractivity contribution in [2.75, 3.05) is 25.2 Å². The topological polar surface area (TPSA) is 55.8 Å². The standard InChI is InChI=1S/C17H14ClNO4/c1-22-14-4-2-3-5-15(14)23-9-8-19-13-7-6-11(18)10-12(13)16(20)17(19)21/h2-7,10H,8-9H2,1H3. The molecule has 3 rings (SSSR count). The Labute approximate surface area is 138 Å². The molecule has 118 valence electrons. The summed E-state index contributed by atoms with van der Waals surface area (Å²) in [5, 5.41) is 0.428. The van der Waals surface area contributed by atoms with E-state index in [2.05, 4.69) is 0 Å². The van der Waals surface area contributed by atoms with Crippen LogP contribution in [-0.2, 0) is 4.79 Å². The number of nitrogens with zero attached hydrogens (tertiary/aromatic N) is 1. The fourth-order valence-electron chi connectivity index (χ4n) is 2.48. The van der Waals surface area contributed by atoms with Crippen molar-refractivity contribution in [3.05, 3.63) is 53.1 Å². The lowest BCUT2D eigenvalue weighted by Crippen LogP contribution is -2.33. The van der Waals surface area contributed by atoms with Crippen LogP contribution in [0, 0.1) is 0 Å². The van der Waals surface area contributed by atoms with E-state index in [1.165, 1.54) is 11.0 Å². The van der Waals surface area contributed by atoms with Crippen LogP contribution >= 0.6 is 11.6 Å². The number of para-hydroxylation sites is 2.